The smallest absolute Gasteiger partial charge is 0.268 e. The summed E-state index contributed by atoms with van der Waals surface area (Å²) in [6.45, 7) is 2.04. The van der Waals surface area contributed by atoms with E-state index in [-0.39, 0.29) is 5.56 Å². The van der Waals surface area contributed by atoms with Crippen LogP contribution >= 0.6 is 12.8 Å². The van der Waals surface area contributed by atoms with Crippen molar-refractivity contribution in [2.45, 2.75) is 19.8 Å². The van der Waals surface area contributed by atoms with E-state index in [9.17, 15) is 4.79 Å². The van der Waals surface area contributed by atoms with Gasteiger partial charge in [-0.25, -0.2) is 13.9 Å². The fraction of sp³-hybridized carbons (Fsp3) is 0.158. The maximum absolute atomic E-state index is 12.9. The Bertz CT molecular complexity index is 1150. The fourth-order valence-corrected chi connectivity index (χ4v) is 3.25. The number of rotatable bonds is 3. The topological polar surface area (TPSA) is 60.7 Å². The molecule has 25 heavy (non-hydrogen) atoms. The van der Waals surface area contributed by atoms with Crippen LogP contribution < -0.4 is 5.56 Å². The van der Waals surface area contributed by atoms with E-state index >= 15 is 0 Å². The second-order valence-electron chi connectivity index (χ2n) is 5.86. The molecule has 0 saturated heterocycles. The average molecular weight is 348 g/mol. The van der Waals surface area contributed by atoms with Gasteiger partial charge in [-0.3, -0.25) is 9.78 Å². The predicted molar refractivity (Wildman–Crippen MR) is 103 cm³/mol. The summed E-state index contributed by atoms with van der Waals surface area (Å²) in [6, 6.07) is 11.7. The molecule has 0 amide bonds. The zero-order valence-electron chi connectivity index (χ0n) is 13.7. The molecule has 0 aliphatic heterocycles. The molecule has 0 aliphatic carbocycles. The maximum Gasteiger partial charge on any atom is 0.273 e. The van der Waals surface area contributed by atoms with E-state index in [0.29, 0.717) is 23.3 Å². The molecule has 0 N–H and O–H groups in total. The summed E-state index contributed by atoms with van der Waals surface area (Å²) in [6.07, 6.45) is 5.02. The van der Waals surface area contributed by atoms with Crippen molar-refractivity contribution in [3.8, 4) is 11.1 Å². The van der Waals surface area contributed by atoms with E-state index in [0.717, 1.165) is 28.5 Å². The van der Waals surface area contributed by atoms with Crippen LogP contribution in [0.2, 0.25) is 0 Å². The van der Waals surface area contributed by atoms with Crippen molar-refractivity contribution in [3.63, 3.8) is 0 Å². The maximum atomic E-state index is 12.9. The Morgan fingerprint density at radius 3 is 2.84 bits per heavy atom. The number of nitrogens with zero attached hydrogens (tertiary/aromatic N) is 4. The molecule has 6 heteroatoms. The van der Waals surface area contributed by atoms with Crippen molar-refractivity contribution in [2.24, 2.45) is 0 Å². The van der Waals surface area contributed by atoms with Crippen molar-refractivity contribution in [2.75, 3.05) is 0 Å². The molecule has 0 radical (unpaired) electrons. The van der Waals surface area contributed by atoms with Gasteiger partial charge in [0.2, 0.25) is 0 Å². The molecular formula is C19H16N4OS. The molecule has 0 spiro atoms. The lowest BCUT2D eigenvalue weighted by Crippen LogP contribution is -2.20. The molecule has 124 valence electrons. The largest absolute Gasteiger partial charge is 0.273 e. The Hall–Kier alpha value is -2.73. The first-order chi connectivity index (χ1) is 12.2. The SMILES string of the molecule is CCCc1nc2nccc(-c3ccc4ncccc4c3)c2c(=O)n1S. The third-order valence-electron chi connectivity index (χ3n) is 4.20. The molecular weight excluding hydrogens is 332 g/mol. The van der Waals surface area contributed by atoms with Gasteiger partial charge in [0.05, 0.1) is 10.9 Å². The van der Waals surface area contributed by atoms with Crippen molar-refractivity contribution in [1.29, 1.82) is 0 Å². The minimum absolute atomic E-state index is 0.189. The fourth-order valence-electron chi connectivity index (χ4n) is 3.01. The van der Waals surface area contributed by atoms with Gasteiger partial charge in [0, 0.05) is 24.2 Å². The number of aromatic nitrogens is 4. The third-order valence-corrected chi connectivity index (χ3v) is 4.62. The van der Waals surface area contributed by atoms with Crippen LogP contribution in [-0.4, -0.2) is 18.9 Å². The van der Waals surface area contributed by atoms with E-state index in [1.165, 1.54) is 3.97 Å². The van der Waals surface area contributed by atoms with Gasteiger partial charge < -0.3 is 0 Å². The number of aryl methyl sites for hydroxylation is 1. The highest BCUT2D eigenvalue weighted by Gasteiger charge is 2.14. The van der Waals surface area contributed by atoms with E-state index < -0.39 is 0 Å². The lowest BCUT2D eigenvalue weighted by molar-refractivity contribution is 0.817. The molecule has 0 atom stereocenters. The van der Waals surface area contributed by atoms with Gasteiger partial charge >= 0.3 is 0 Å². The van der Waals surface area contributed by atoms with Gasteiger partial charge in [0.25, 0.3) is 5.56 Å². The van der Waals surface area contributed by atoms with Gasteiger partial charge in [-0.2, -0.15) is 0 Å². The number of thiol groups is 1. The van der Waals surface area contributed by atoms with Crippen LogP contribution in [0, 0.1) is 0 Å². The zero-order valence-corrected chi connectivity index (χ0v) is 14.6. The standard InChI is InChI=1S/C19H16N4OS/c1-2-4-16-22-18-17(19(24)23(16)25)14(8-10-21-18)12-6-7-15-13(11-12)5-3-9-20-15/h3,5-11,25H,2,4H2,1H3. The van der Waals surface area contributed by atoms with Crippen molar-refractivity contribution in [3.05, 3.63) is 65.0 Å². The predicted octanol–water partition coefficient (Wildman–Crippen LogP) is 3.65. The van der Waals surface area contributed by atoms with Crippen molar-refractivity contribution < 1.29 is 0 Å². The summed E-state index contributed by atoms with van der Waals surface area (Å²) in [5.41, 5.74) is 2.93. The highest BCUT2D eigenvalue weighted by Crippen LogP contribution is 2.27. The normalized spacial score (nSPS) is 11.3. The first kappa shape index (κ1) is 15.8. The number of benzene rings is 1. The van der Waals surface area contributed by atoms with Gasteiger partial charge in [0.1, 0.15) is 5.82 Å². The van der Waals surface area contributed by atoms with Crippen LogP contribution in [0.1, 0.15) is 19.2 Å². The number of hydrogen-bond donors (Lipinski definition) is 1. The van der Waals surface area contributed by atoms with E-state index in [1.54, 1.807) is 12.4 Å². The van der Waals surface area contributed by atoms with Gasteiger partial charge in [0.15, 0.2) is 5.65 Å². The minimum Gasteiger partial charge on any atom is -0.268 e. The summed E-state index contributed by atoms with van der Waals surface area (Å²) in [5.74, 6) is 0.635. The van der Waals surface area contributed by atoms with Crippen LogP contribution in [0.5, 0.6) is 0 Å². The van der Waals surface area contributed by atoms with Gasteiger partial charge in [-0.05, 0) is 41.8 Å². The number of fused-ring (bicyclic) bond motifs is 2. The Balaban J connectivity index is 2.01. The molecule has 0 fully saturated rings. The van der Waals surface area contributed by atoms with Crippen molar-refractivity contribution >= 4 is 34.8 Å². The van der Waals surface area contributed by atoms with Gasteiger partial charge in [-0.1, -0.05) is 31.9 Å². The molecule has 0 bridgehead atoms. The van der Waals surface area contributed by atoms with Gasteiger partial charge in [-0.15, -0.1) is 0 Å². The van der Waals surface area contributed by atoms with Crippen LogP contribution in [0.25, 0.3) is 33.1 Å². The van der Waals surface area contributed by atoms with E-state index in [1.807, 2.05) is 43.3 Å². The molecule has 3 aromatic heterocycles. The zero-order chi connectivity index (χ0) is 17.4. The molecule has 0 saturated carbocycles. The van der Waals surface area contributed by atoms with E-state index in [4.69, 9.17) is 0 Å². The van der Waals surface area contributed by atoms with Crippen LogP contribution in [0.15, 0.2) is 53.6 Å². The highest BCUT2D eigenvalue weighted by atomic mass is 32.1. The summed E-state index contributed by atoms with van der Waals surface area (Å²) < 4.78 is 1.33. The Labute approximate surface area is 149 Å². The molecule has 4 aromatic rings. The summed E-state index contributed by atoms with van der Waals surface area (Å²) in [5, 5.41) is 1.51. The Morgan fingerprint density at radius 1 is 1.12 bits per heavy atom. The number of hydrogen-bond acceptors (Lipinski definition) is 5. The molecule has 1 aromatic carbocycles. The quantitative estimate of drug-likeness (QED) is 0.574. The molecule has 5 nitrogen and oxygen atoms in total. The monoisotopic (exact) mass is 348 g/mol. The van der Waals surface area contributed by atoms with E-state index in [2.05, 4.69) is 27.8 Å². The lowest BCUT2D eigenvalue weighted by atomic mass is 10.0. The van der Waals surface area contributed by atoms with Crippen molar-refractivity contribution in [1.82, 2.24) is 18.9 Å². The molecule has 0 aliphatic rings. The summed E-state index contributed by atoms with van der Waals surface area (Å²) in [4.78, 5) is 26.1. The first-order valence-corrected chi connectivity index (χ1v) is 8.54. The summed E-state index contributed by atoms with van der Waals surface area (Å²) >= 11 is 4.34. The first-order valence-electron chi connectivity index (χ1n) is 8.14. The Kier molecular flexibility index (Phi) is 3.97. The lowest BCUT2D eigenvalue weighted by Gasteiger charge is -2.10. The van der Waals surface area contributed by atoms with Crippen LogP contribution in [0.3, 0.4) is 0 Å². The van der Waals surface area contributed by atoms with Crippen LogP contribution in [-0.2, 0) is 6.42 Å². The second-order valence-corrected chi connectivity index (χ2v) is 6.26. The number of pyridine rings is 2. The Morgan fingerprint density at radius 2 is 2.00 bits per heavy atom. The highest BCUT2D eigenvalue weighted by molar-refractivity contribution is 7.78. The average Bonchev–Trinajstić information content (AvgIpc) is 2.65. The van der Waals surface area contributed by atoms with Crippen LogP contribution in [0.4, 0.5) is 0 Å². The second kappa shape index (κ2) is 6.29. The molecule has 0 unspecified atom stereocenters. The third kappa shape index (κ3) is 2.68. The summed E-state index contributed by atoms with van der Waals surface area (Å²) in [7, 11) is 0. The minimum atomic E-state index is -0.189. The molecule has 3 heterocycles. The molecule has 4 rings (SSSR count).